The molecule has 2 N–H and O–H groups in total. The Morgan fingerprint density at radius 3 is 2.35 bits per heavy atom. The Morgan fingerprint density at radius 2 is 1.85 bits per heavy atom. The number of aliphatic carboxylic acids is 1. The largest absolute Gasteiger partial charge is 0.477 e. The summed E-state index contributed by atoms with van der Waals surface area (Å²) < 4.78 is 23.6. The predicted octanol–water partition coefficient (Wildman–Crippen LogP) is 2.35. The lowest BCUT2D eigenvalue weighted by molar-refractivity contribution is -0.131. The third kappa shape index (κ3) is 4.73. The van der Waals surface area contributed by atoms with Crippen LogP contribution < -0.4 is 4.83 Å². The molecule has 0 aliphatic carbocycles. The van der Waals surface area contributed by atoms with Crippen LogP contribution in [-0.2, 0) is 14.8 Å². The number of carboxylic acids is 1. The molecule has 9 heteroatoms. The maximum absolute atomic E-state index is 11.8. The predicted molar refractivity (Wildman–Crippen MR) is 82.5 cm³/mol. The van der Waals surface area contributed by atoms with Gasteiger partial charge in [-0.2, -0.15) is 13.5 Å². The van der Waals surface area contributed by atoms with Crippen LogP contribution in [0.5, 0.6) is 0 Å². The number of hydrogen-bond donors (Lipinski definition) is 2. The Balaban J connectivity index is 2.86. The van der Waals surface area contributed by atoms with Gasteiger partial charge in [-0.1, -0.05) is 17.7 Å². The molecular formula is C11H10Br2N2O4S. The first kappa shape index (κ1) is 16.9. The molecule has 0 radical (unpaired) electrons. The minimum Gasteiger partial charge on any atom is -0.477 e. The van der Waals surface area contributed by atoms with Crippen molar-refractivity contribution in [3.63, 3.8) is 0 Å². The molecule has 6 nitrogen and oxygen atoms in total. The van der Waals surface area contributed by atoms with Gasteiger partial charge in [0.1, 0.15) is 4.48 Å². The maximum atomic E-state index is 11.8. The Hall–Kier alpha value is -1.19. The molecule has 0 atom stereocenters. The van der Waals surface area contributed by atoms with Gasteiger partial charge in [0, 0.05) is 0 Å². The lowest BCUT2D eigenvalue weighted by Gasteiger charge is -2.03. The molecular weight excluding hydrogens is 416 g/mol. The zero-order valence-electron chi connectivity index (χ0n) is 10.2. The van der Waals surface area contributed by atoms with Crippen LogP contribution in [0.2, 0.25) is 0 Å². The number of carboxylic acid groups (broad SMARTS) is 1. The van der Waals surface area contributed by atoms with Crippen LogP contribution in [0, 0.1) is 6.92 Å². The van der Waals surface area contributed by atoms with Gasteiger partial charge in [-0.05, 0) is 50.9 Å². The molecule has 0 aliphatic rings. The van der Waals surface area contributed by atoms with E-state index in [2.05, 4.69) is 37.0 Å². The van der Waals surface area contributed by atoms with Crippen LogP contribution >= 0.6 is 31.9 Å². The first-order valence-corrected chi connectivity index (χ1v) is 8.21. The Kier molecular flexibility index (Phi) is 5.90. The Morgan fingerprint density at radius 1 is 1.30 bits per heavy atom. The number of nitrogens with one attached hydrogen (secondary N) is 1. The SMILES string of the molecule is Cc1ccc(S(=O)(=O)N/N=C\C(Br)=C(\Br)C(=O)O)cc1. The van der Waals surface area contributed by atoms with Gasteiger partial charge in [0.15, 0.2) is 0 Å². The third-order valence-electron chi connectivity index (χ3n) is 2.08. The molecule has 0 amide bonds. The van der Waals surface area contributed by atoms with Gasteiger partial charge in [-0.3, -0.25) is 0 Å². The highest BCUT2D eigenvalue weighted by Gasteiger charge is 2.12. The molecule has 0 fully saturated rings. The maximum Gasteiger partial charge on any atom is 0.344 e. The molecule has 0 bridgehead atoms. The standard InChI is InChI=1S/C11H10Br2N2O4S/c1-7-2-4-8(5-3-7)20(18,19)15-14-6-9(12)10(13)11(16)17/h2-6,15H,1H3,(H,16,17)/b10-9-,14-6-. The molecule has 0 aromatic heterocycles. The van der Waals surface area contributed by atoms with E-state index in [1.165, 1.54) is 12.1 Å². The van der Waals surface area contributed by atoms with E-state index in [1.807, 2.05) is 11.8 Å². The van der Waals surface area contributed by atoms with Crippen molar-refractivity contribution < 1.29 is 18.3 Å². The summed E-state index contributed by atoms with van der Waals surface area (Å²) in [6.45, 7) is 1.84. The van der Waals surface area contributed by atoms with Crippen molar-refractivity contribution in [1.29, 1.82) is 0 Å². The number of hydrazone groups is 1. The summed E-state index contributed by atoms with van der Waals surface area (Å²) in [6, 6.07) is 6.22. The molecule has 0 unspecified atom stereocenters. The second-order valence-electron chi connectivity index (χ2n) is 3.63. The number of allylic oxidation sites excluding steroid dienone is 1. The number of sulfonamides is 1. The molecule has 0 aliphatic heterocycles. The highest BCUT2D eigenvalue weighted by Crippen LogP contribution is 2.16. The molecule has 1 aromatic rings. The summed E-state index contributed by atoms with van der Waals surface area (Å²) in [5.41, 5.74) is 0.934. The van der Waals surface area contributed by atoms with Gasteiger partial charge in [0.25, 0.3) is 10.0 Å². The number of hydrogen-bond acceptors (Lipinski definition) is 4. The van der Waals surface area contributed by atoms with Gasteiger partial charge in [0.05, 0.1) is 15.6 Å². The molecule has 0 saturated carbocycles. The average molecular weight is 426 g/mol. The van der Waals surface area contributed by atoms with Crippen molar-refractivity contribution in [2.45, 2.75) is 11.8 Å². The topological polar surface area (TPSA) is 95.8 Å². The third-order valence-corrected chi connectivity index (χ3v) is 5.22. The quantitative estimate of drug-likeness (QED) is 0.430. The number of rotatable bonds is 5. The van der Waals surface area contributed by atoms with Gasteiger partial charge in [-0.15, -0.1) is 0 Å². The molecule has 1 aromatic carbocycles. The van der Waals surface area contributed by atoms with Crippen molar-refractivity contribution in [3.8, 4) is 0 Å². The van der Waals surface area contributed by atoms with Crippen LogP contribution in [0.3, 0.4) is 0 Å². The minimum atomic E-state index is -3.77. The fraction of sp³-hybridized carbons (Fsp3) is 0.0909. The fourth-order valence-corrected chi connectivity index (χ4v) is 2.25. The highest BCUT2D eigenvalue weighted by molar-refractivity contribution is 9.14. The van der Waals surface area contributed by atoms with Gasteiger partial charge >= 0.3 is 5.97 Å². The number of nitrogens with zero attached hydrogens (tertiary/aromatic N) is 1. The highest BCUT2D eigenvalue weighted by atomic mass is 79.9. The summed E-state index contributed by atoms with van der Waals surface area (Å²) in [7, 11) is -3.77. The average Bonchev–Trinajstić information content (AvgIpc) is 2.37. The van der Waals surface area contributed by atoms with E-state index in [1.54, 1.807) is 12.1 Å². The summed E-state index contributed by atoms with van der Waals surface area (Å²) in [5, 5.41) is 12.2. The van der Waals surface area contributed by atoms with Crippen LogP contribution in [0.25, 0.3) is 0 Å². The number of carbonyl (C=O) groups is 1. The smallest absolute Gasteiger partial charge is 0.344 e. The second kappa shape index (κ2) is 7.00. The van der Waals surface area contributed by atoms with E-state index < -0.39 is 16.0 Å². The second-order valence-corrected chi connectivity index (χ2v) is 6.94. The minimum absolute atomic E-state index is 0.0673. The lowest BCUT2D eigenvalue weighted by Crippen LogP contribution is -2.18. The first-order valence-electron chi connectivity index (χ1n) is 5.14. The van der Waals surface area contributed by atoms with Crippen molar-refractivity contribution in [2.24, 2.45) is 5.10 Å². The Bertz CT molecular complexity index is 666. The van der Waals surface area contributed by atoms with Crippen molar-refractivity contribution >= 4 is 54.1 Å². The molecule has 0 saturated heterocycles. The van der Waals surface area contributed by atoms with Crippen molar-refractivity contribution in [2.75, 3.05) is 0 Å². The fourth-order valence-electron chi connectivity index (χ4n) is 1.08. The molecule has 108 valence electrons. The Labute approximate surface area is 132 Å². The zero-order valence-corrected chi connectivity index (χ0v) is 14.2. The lowest BCUT2D eigenvalue weighted by atomic mass is 10.2. The van der Waals surface area contributed by atoms with E-state index in [0.29, 0.717) is 0 Å². The molecule has 0 heterocycles. The van der Waals surface area contributed by atoms with Crippen molar-refractivity contribution in [3.05, 3.63) is 38.8 Å². The summed E-state index contributed by atoms with van der Waals surface area (Å²) in [6.07, 6.45) is 1.03. The van der Waals surface area contributed by atoms with Gasteiger partial charge in [0.2, 0.25) is 0 Å². The number of aryl methyl sites for hydroxylation is 1. The van der Waals surface area contributed by atoms with Crippen molar-refractivity contribution in [1.82, 2.24) is 4.83 Å². The van der Waals surface area contributed by atoms with E-state index in [4.69, 9.17) is 5.11 Å². The number of benzene rings is 1. The van der Waals surface area contributed by atoms with E-state index in [9.17, 15) is 13.2 Å². The van der Waals surface area contributed by atoms with Gasteiger partial charge in [-0.25, -0.2) is 9.63 Å². The van der Waals surface area contributed by atoms with Crippen LogP contribution in [0.1, 0.15) is 5.56 Å². The monoisotopic (exact) mass is 424 g/mol. The first-order chi connectivity index (χ1) is 9.24. The molecule has 0 spiro atoms. The van der Waals surface area contributed by atoms with Gasteiger partial charge < -0.3 is 5.11 Å². The molecule has 1 rings (SSSR count). The van der Waals surface area contributed by atoms with E-state index in [0.717, 1.165) is 11.8 Å². The van der Waals surface area contributed by atoms with E-state index in [-0.39, 0.29) is 13.9 Å². The number of halogens is 2. The summed E-state index contributed by atoms with van der Waals surface area (Å²) in [4.78, 5) is 12.7. The summed E-state index contributed by atoms with van der Waals surface area (Å²) >= 11 is 5.75. The van der Waals surface area contributed by atoms with E-state index >= 15 is 0 Å². The normalized spacial score (nSPS) is 13.2. The van der Waals surface area contributed by atoms with Crippen LogP contribution in [-0.4, -0.2) is 25.7 Å². The summed E-state index contributed by atoms with van der Waals surface area (Å²) in [5.74, 6) is -1.20. The van der Waals surface area contributed by atoms with Crippen LogP contribution in [0.4, 0.5) is 0 Å². The van der Waals surface area contributed by atoms with Crippen LogP contribution in [0.15, 0.2) is 43.2 Å². The zero-order chi connectivity index (χ0) is 15.3. The molecule has 20 heavy (non-hydrogen) atoms.